The number of furan rings is 1. The molecule has 4 aromatic rings. The van der Waals surface area contributed by atoms with Gasteiger partial charge in [-0.2, -0.15) is 0 Å². The Balaban J connectivity index is 1.71. The maximum absolute atomic E-state index is 12.8. The van der Waals surface area contributed by atoms with Crippen LogP contribution in [0.3, 0.4) is 0 Å². The Morgan fingerprint density at radius 3 is 2.62 bits per heavy atom. The Hall–Kier alpha value is -2.99. The van der Waals surface area contributed by atoms with Crippen molar-refractivity contribution in [1.29, 1.82) is 0 Å². The highest BCUT2D eigenvalue weighted by Crippen LogP contribution is 2.24. The third kappa shape index (κ3) is 2.79. The molecule has 0 atom stereocenters. The van der Waals surface area contributed by atoms with Crippen LogP contribution in [0.25, 0.3) is 11.0 Å². The minimum absolute atomic E-state index is 0.199. The second-order valence-electron chi connectivity index (χ2n) is 5.27. The smallest absolute Gasteiger partial charge is 0.280 e. The number of nitrogens with zero attached hydrogens (tertiary/aromatic N) is 3. The first-order valence-corrected chi connectivity index (χ1v) is 8.26. The highest BCUT2D eigenvalue weighted by Gasteiger charge is 2.21. The van der Waals surface area contributed by atoms with Gasteiger partial charge in [0, 0.05) is 16.5 Å². The van der Waals surface area contributed by atoms with Crippen LogP contribution in [0.2, 0.25) is 0 Å². The van der Waals surface area contributed by atoms with E-state index in [0.29, 0.717) is 12.2 Å². The summed E-state index contributed by atoms with van der Waals surface area (Å²) < 4.78 is 9.64. The molecule has 24 heavy (non-hydrogen) atoms. The summed E-state index contributed by atoms with van der Waals surface area (Å²) in [6.07, 6.45) is 0. The van der Waals surface area contributed by atoms with E-state index >= 15 is 0 Å². The molecule has 2 aromatic heterocycles. The molecule has 0 spiro atoms. The fraction of sp³-hybridized carbons (Fsp3) is 0.0556. The molecule has 0 aliphatic carbocycles. The van der Waals surface area contributed by atoms with Crippen LogP contribution in [0, 0.1) is 0 Å². The van der Waals surface area contributed by atoms with Crippen molar-refractivity contribution in [1.82, 2.24) is 9.59 Å². The predicted octanol–water partition coefficient (Wildman–Crippen LogP) is 4.13. The van der Waals surface area contributed by atoms with Crippen molar-refractivity contribution in [3.05, 3.63) is 77.5 Å². The van der Waals surface area contributed by atoms with Crippen molar-refractivity contribution in [2.45, 2.75) is 6.54 Å². The van der Waals surface area contributed by atoms with E-state index in [1.54, 1.807) is 10.3 Å². The first kappa shape index (κ1) is 14.6. The molecule has 118 valence electrons. The lowest BCUT2D eigenvalue weighted by Crippen LogP contribution is -2.30. The molecule has 0 aliphatic heterocycles. The Morgan fingerprint density at radius 2 is 1.88 bits per heavy atom. The average Bonchev–Trinajstić information content (AvgIpc) is 3.29. The van der Waals surface area contributed by atoms with Crippen LogP contribution < -0.4 is 4.90 Å². The SMILES string of the molecule is O=C(c1csnn1)N(Cc1cc2ccccc2o1)c1ccccc1. The number of para-hydroxylation sites is 2. The zero-order valence-corrected chi connectivity index (χ0v) is 13.4. The molecular weight excluding hydrogens is 322 g/mol. The second-order valence-corrected chi connectivity index (χ2v) is 5.88. The van der Waals surface area contributed by atoms with Crippen LogP contribution in [-0.4, -0.2) is 15.5 Å². The number of anilines is 1. The number of fused-ring (bicyclic) bond motifs is 1. The molecule has 2 aromatic carbocycles. The summed E-state index contributed by atoms with van der Waals surface area (Å²) in [7, 11) is 0. The van der Waals surface area contributed by atoms with Crippen LogP contribution in [0.15, 0.2) is 70.5 Å². The Morgan fingerprint density at radius 1 is 1.08 bits per heavy atom. The van der Waals surface area contributed by atoms with Gasteiger partial charge in [0.2, 0.25) is 0 Å². The van der Waals surface area contributed by atoms with E-state index in [2.05, 4.69) is 9.59 Å². The molecule has 0 bridgehead atoms. The molecule has 0 N–H and O–H groups in total. The lowest BCUT2D eigenvalue weighted by molar-refractivity contribution is 0.0978. The maximum atomic E-state index is 12.8. The quantitative estimate of drug-likeness (QED) is 0.562. The van der Waals surface area contributed by atoms with Gasteiger partial charge in [-0.3, -0.25) is 9.69 Å². The number of benzene rings is 2. The van der Waals surface area contributed by atoms with Crippen molar-refractivity contribution >= 4 is 34.1 Å². The monoisotopic (exact) mass is 335 g/mol. The molecule has 6 heteroatoms. The molecule has 0 fully saturated rings. The summed E-state index contributed by atoms with van der Waals surface area (Å²) in [5.41, 5.74) is 1.93. The third-order valence-electron chi connectivity index (χ3n) is 3.68. The number of amides is 1. The standard InChI is InChI=1S/C18H13N3O2S/c22-18(16-12-24-20-19-16)21(14-7-2-1-3-8-14)11-15-10-13-6-4-5-9-17(13)23-15/h1-10,12H,11H2. The highest BCUT2D eigenvalue weighted by atomic mass is 32.1. The van der Waals surface area contributed by atoms with Crippen LogP contribution in [0.1, 0.15) is 16.2 Å². The maximum Gasteiger partial charge on any atom is 0.280 e. The molecule has 0 saturated carbocycles. The summed E-state index contributed by atoms with van der Waals surface area (Å²) in [6.45, 7) is 0.328. The van der Waals surface area contributed by atoms with Crippen LogP contribution in [-0.2, 0) is 6.54 Å². The predicted molar refractivity (Wildman–Crippen MR) is 93.1 cm³/mol. The van der Waals surface area contributed by atoms with Gasteiger partial charge in [0.1, 0.15) is 11.3 Å². The average molecular weight is 335 g/mol. The lowest BCUT2D eigenvalue weighted by atomic mass is 10.2. The van der Waals surface area contributed by atoms with Crippen molar-refractivity contribution in [3.8, 4) is 0 Å². The van der Waals surface area contributed by atoms with Crippen molar-refractivity contribution in [2.75, 3.05) is 4.90 Å². The Labute approximate surface area is 142 Å². The van der Waals surface area contributed by atoms with Gasteiger partial charge >= 0.3 is 0 Å². The molecule has 4 rings (SSSR count). The van der Waals surface area contributed by atoms with Gasteiger partial charge in [0.25, 0.3) is 5.91 Å². The number of aromatic nitrogens is 2. The van der Waals surface area contributed by atoms with E-state index in [1.165, 1.54) is 0 Å². The Kier molecular flexibility index (Phi) is 3.80. The summed E-state index contributed by atoms with van der Waals surface area (Å²) in [6, 6.07) is 19.2. The number of hydrogen-bond donors (Lipinski definition) is 0. The number of carbonyl (C=O) groups excluding carboxylic acids is 1. The van der Waals surface area contributed by atoms with Crippen molar-refractivity contribution < 1.29 is 9.21 Å². The minimum Gasteiger partial charge on any atom is -0.459 e. The molecule has 5 nitrogen and oxygen atoms in total. The normalized spacial score (nSPS) is 10.8. The van der Waals surface area contributed by atoms with E-state index in [4.69, 9.17) is 4.42 Å². The first-order valence-electron chi connectivity index (χ1n) is 7.43. The van der Waals surface area contributed by atoms with E-state index in [1.807, 2.05) is 60.7 Å². The first-order chi connectivity index (χ1) is 11.8. The topological polar surface area (TPSA) is 59.2 Å². The van der Waals surface area contributed by atoms with Gasteiger partial charge in [-0.25, -0.2) is 0 Å². The largest absolute Gasteiger partial charge is 0.459 e. The fourth-order valence-corrected chi connectivity index (χ4v) is 2.99. The summed E-state index contributed by atoms with van der Waals surface area (Å²) in [5.74, 6) is 0.520. The van der Waals surface area contributed by atoms with E-state index in [0.717, 1.165) is 33.9 Å². The minimum atomic E-state index is -0.199. The zero-order chi connectivity index (χ0) is 16.4. The van der Waals surface area contributed by atoms with Crippen LogP contribution in [0.4, 0.5) is 5.69 Å². The highest BCUT2D eigenvalue weighted by molar-refractivity contribution is 7.03. The van der Waals surface area contributed by atoms with Crippen LogP contribution >= 0.6 is 11.5 Å². The summed E-state index contributed by atoms with van der Waals surface area (Å²) >= 11 is 1.16. The third-order valence-corrected chi connectivity index (χ3v) is 4.19. The molecule has 0 saturated heterocycles. The molecule has 1 amide bonds. The van der Waals surface area contributed by atoms with Gasteiger partial charge in [0.15, 0.2) is 5.69 Å². The van der Waals surface area contributed by atoms with Crippen molar-refractivity contribution in [2.24, 2.45) is 0 Å². The van der Waals surface area contributed by atoms with Gasteiger partial charge in [-0.1, -0.05) is 40.9 Å². The second kappa shape index (κ2) is 6.25. The van der Waals surface area contributed by atoms with Gasteiger partial charge in [0.05, 0.1) is 6.54 Å². The van der Waals surface area contributed by atoms with Gasteiger partial charge < -0.3 is 4.42 Å². The zero-order valence-electron chi connectivity index (χ0n) is 12.6. The molecule has 0 radical (unpaired) electrons. The summed E-state index contributed by atoms with van der Waals surface area (Å²) in [5, 5.41) is 6.56. The number of hydrogen-bond acceptors (Lipinski definition) is 5. The molecule has 0 aliphatic rings. The van der Waals surface area contributed by atoms with Crippen LogP contribution in [0.5, 0.6) is 0 Å². The molecular formula is C18H13N3O2S. The molecule has 2 heterocycles. The van der Waals surface area contributed by atoms with Crippen molar-refractivity contribution in [3.63, 3.8) is 0 Å². The van der Waals surface area contributed by atoms with E-state index < -0.39 is 0 Å². The number of carbonyl (C=O) groups is 1. The van der Waals surface area contributed by atoms with Gasteiger partial charge in [-0.05, 0) is 35.8 Å². The summed E-state index contributed by atoms with van der Waals surface area (Å²) in [4.78, 5) is 14.5. The van der Waals surface area contributed by atoms with E-state index in [-0.39, 0.29) is 5.91 Å². The number of rotatable bonds is 4. The van der Waals surface area contributed by atoms with Gasteiger partial charge in [-0.15, -0.1) is 5.10 Å². The lowest BCUT2D eigenvalue weighted by Gasteiger charge is -2.20. The molecule has 0 unspecified atom stereocenters. The van der Waals surface area contributed by atoms with E-state index in [9.17, 15) is 4.79 Å². The fourth-order valence-electron chi connectivity index (χ4n) is 2.55. The Bertz CT molecular complexity index is 931.